The number of anilines is 1. The fourth-order valence-electron chi connectivity index (χ4n) is 0.839. The summed E-state index contributed by atoms with van der Waals surface area (Å²) in [6.07, 6.45) is 0. The molecule has 0 aliphatic carbocycles. The van der Waals surface area contributed by atoms with E-state index >= 15 is 0 Å². The van der Waals surface area contributed by atoms with Gasteiger partial charge >= 0.3 is 29.6 Å². The third-order valence-electron chi connectivity index (χ3n) is 1.43. The number of halogens is 1. The largest absolute Gasteiger partial charge is 1.00 e. The van der Waals surface area contributed by atoms with Crippen LogP contribution in [-0.2, 0) is 10.3 Å². The van der Waals surface area contributed by atoms with Crippen molar-refractivity contribution in [2.24, 2.45) is 0 Å². The van der Waals surface area contributed by atoms with E-state index in [0.717, 1.165) is 6.07 Å². The molecule has 0 spiro atoms. The van der Waals surface area contributed by atoms with E-state index in [-0.39, 0.29) is 35.2 Å². The van der Waals surface area contributed by atoms with Crippen molar-refractivity contribution in [1.82, 2.24) is 0 Å². The summed E-state index contributed by atoms with van der Waals surface area (Å²) in [7, 11) is -4.58. The molecule has 0 radical (unpaired) electrons. The van der Waals surface area contributed by atoms with Gasteiger partial charge in [-0.15, -0.1) is 0 Å². The summed E-state index contributed by atoms with van der Waals surface area (Å²) in [5.74, 6) is -0.600. The van der Waals surface area contributed by atoms with Gasteiger partial charge in [-0.05, 0) is 24.6 Å². The van der Waals surface area contributed by atoms with Gasteiger partial charge in [0.05, 0.1) is 5.69 Å². The van der Waals surface area contributed by atoms with Crippen LogP contribution >= 0.6 is 0 Å². The normalized spacial score (nSPS) is 10.5. The minimum atomic E-state index is -4.58. The molecule has 0 amide bonds. The molecule has 0 bridgehead atoms. The summed E-state index contributed by atoms with van der Waals surface area (Å²) in [6, 6.07) is 3.51. The first-order valence-corrected chi connectivity index (χ1v) is 4.79. The minimum Gasteiger partial charge on any atom is -0.731 e. The van der Waals surface area contributed by atoms with Gasteiger partial charge in [0.15, 0.2) is 10.3 Å². The molecule has 0 fully saturated rings. The number of benzene rings is 1. The van der Waals surface area contributed by atoms with Crippen LogP contribution in [0.5, 0.6) is 0 Å². The van der Waals surface area contributed by atoms with Crippen molar-refractivity contribution in [1.29, 1.82) is 0 Å². The molecule has 4 nitrogen and oxygen atoms in total. The monoisotopic (exact) mass is 227 g/mol. The second-order valence-electron chi connectivity index (χ2n) is 2.52. The average molecular weight is 227 g/mol. The van der Waals surface area contributed by atoms with Gasteiger partial charge < -0.3 is 4.55 Å². The second kappa shape index (κ2) is 5.09. The molecule has 0 heterocycles. The van der Waals surface area contributed by atoms with Crippen molar-refractivity contribution in [2.75, 3.05) is 4.72 Å². The van der Waals surface area contributed by atoms with Crippen molar-refractivity contribution >= 4 is 16.0 Å². The number of rotatable bonds is 2. The first-order valence-electron chi connectivity index (χ1n) is 3.38. The van der Waals surface area contributed by atoms with Crippen LogP contribution in [0.25, 0.3) is 0 Å². The molecule has 0 aliphatic rings. The Morgan fingerprint density at radius 2 is 2.00 bits per heavy atom. The Morgan fingerprint density at radius 3 is 2.50 bits per heavy atom. The van der Waals surface area contributed by atoms with Crippen LogP contribution in [0.3, 0.4) is 0 Å². The first-order chi connectivity index (χ1) is 5.88. The predicted octanol–water partition coefficient (Wildman–Crippen LogP) is -1.99. The van der Waals surface area contributed by atoms with Gasteiger partial charge in [-0.3, -0.25) is 4.72 Å². The molecule has 1 aromatic rings. The molecule has 0 aliphatic heterocycles. The van der Waals surface area contributed by atoms with Crippen LogP contribution in [0.2, 0.25) is 0 Å². The van der Waals surface area contributed by atoms with Gasteiger partial charge in [0.2, 0.25) is 0 Å². The van der Waals surface area contributed by atoms with Crippen molar-refractivity contribution in [3.05, 3.63) is 29.6 Å². The number of hydrogen-bond acceptors (Lipinski definition) is 3. The molecule has 0 unspecified atom stereocenters. The Hall–Kier alpha value is -0.140. The summed E-state index contributed by atoms with van der Waals surface area (Å²) in [5, 5.41) is 0. The molecular weight excluding hydrogens is 220 g/mol. The minimum absolute atomic E-state index is 0. The van der Waals surface area contributed by atoms with E-state index in [1.165, 1.54) is 12.1 Å². The Morgan fingerprint density at radius 1 is 1.43 bits per heavy atom. The molecular formula is C7H7FNNaO3S. The third kappa shape index (κ3) is 4.39. The van der Waals surface area contributed by atoms with Crippen molar-refractivity contribution in [3.63, 3.8) is 0 Å². The zero-order valence-electron chi connectivity index (χ0n) is 7.74. The molecule has 0 saturated heterocycles. The maximum atomic E-state index is 12.6. The molecule has 14 heavy (non-hydrogen) atoms. The van der Waals surface area contributed by atoms with Crippen molar-refractivity contribution in [3.8, 4) is 0 Å². The summed E-state index contributed by atoms with van der Waals surface area (Å²) in [5.41, 5.74) is 0.454. The Bertz CT molecular complexity index is 421. The van der Waals surface area contributed by atoms with Gasteiger partial charge in [0.1, 0.15) is 5.82 Å². The topological polar surface area (TPSA) is 69.2 Å². The summed E-state index contributed by atoms with van der Waals surface area (Å²) >= 11 is 0. The van der Waals surface area contributed by atoms with Crippen LogP contribution in [0, 0.1) is 12.7 Å². The summed E-state index contributed by atoms with van der Waals surface area (Å²) in [4.78, 5) is 0. The van der Waals surface area contributed by atoms with E-state index in [0.29, 0.717) is 5.56 Å². The Labute approximate surface area is 104 Å². The predicted molar refractivity (Wildman–Crippen MR) is 44.5 cm³/mol. The van der Waals surface area contributed by atoms with E-state index in [1.807, 2.05) is 0 Å². The van der Waals surface area contributed by atoms with E-state index < -0.39 is 16.1 Å². The maximum Gasteiger partial charge on any atom is 1.00 e. The van der Waals surface area contributed by atoms with Crippen molar-refractivity contribution in [2.45, 2.75) is 6.92 Å². The van der Waals surface area contributed by atoms with Gasteiger partial charge in [0.25, 0.3) is 0 Å². The molecule has 0 aromatic heterocycles. The number of aryl methyl sites for hydroxylation is 1. The van der Waals surface area contributed by atoms with Crippen LogP contribution in [0.15, 0.2) is 18.2 Å². The summed E-state index contributed by atoms with van der Waals surface area (Å²) in [6.45, 7) is 1.56. The second-order valence-corrected chi connectivity index (χ2v) is 3.63. The molecule has 7 heteroatoms. The summed E-state index contributed by atoms with van der Waals surface area (Å²) < 4.78 is 45.1. The zero-order valence-corrected chi connectivity index (χ0v) is 10.6. The van der Waals surface area contributed by atoms with Gasteiger partial charge in [-0.25, -0.2) is 12.8 Å². The Kier molecular flexibility index (Phi) is 5.03. The third-order valence-corrected chi connectivity index (χ3v) is 1.90. The fourth-order valence-corrected chi connectivity index (χ4v) is 1.33. The van der Waals surface area contributed by atoms with Crippen LogP contribution in [-0.4, -0.2) is 13.0 Å². The smallest absolute Gasteiger partial charge is 0.731 e. The molecule has 0 atom stereocenters. The van der Waals surface area contributed by atoms with Crippen molar-refractivity contribution < 1.29 is 46.9 Å². The van der Waals surface area contributed by atoms with E-state index in [2.05, 4.69) is 0 Å². The van der Waals surface area contributed by atoms with Gasteiger partial charge in [-0.2, -0.15) is 0 Å². The molecule has 1 aromatic carbocycles. The van der Waals surface area contributed by atoms with E-state index in [4.69, 9.17) is 0 Å². The fraction of sp³-hybridized carbons (Fsp3) is 0.143. The molecule has 1 N–H and O–H groups in total. The number of hydrogen-bond donors (Lipinski definition) is 1. The molecule has 0 saturated carbocycles. The molecule has 1 rings (SSSR count). The SMILES string of the molecule is Cc1ccc(F)cc1NS(=O)(=O)[O-].[Na+]. The quantitative estimate of drug-likeness (QED) is 0.470. The van der Waals surface area contributed by atoms with Gasteiger partial charge in [0, 0.05) is 0 Å². The van der Waals surface area contributed by atoms with Crippen LogP contribution in [0.1, 0.15) is 5.56 Å². The van der Waals surface area contributed by atoms with Gasteiger partial charge in [-0.1, -0.05) is 6.07 Å². The first kappa shape index (κ1) is 13.9. The Balaban J connectivity index is 0.00000169. The zero-order chi connectivity index (χ0) is 10.1. The van der Waals surface area contributed by atoms with E-state index in [1.54, 1.807) is 11.6 Å². The van der Waals surface area contributed by atoms with Crippen LogP contribution in [0.4, 0.5) is 10.1 Å². The number of nitrogens with one attached hydrogen (secondary N) is 1. The standard InChI is InChI=1S/C7H8FNO3S.Na/c1-5-2-3-6(8)4-7(5)9-13(10,11)12;/h2-4,9H,1H3,(H,10,11,12);/q;+1/p-1. The van der Waals surface area contributed by atoms with E-state index in [9.17, 15) is 17.4 Å². The average Bonchev–Trinajstić information content (AvgIpc) is 1.94. The van der Waals surface area contributed by atoms with Crippen LogP contribution < -0.4 is 34.3 Å². The maximum absolute atomic E-state index is 12.6. The molecule has 72 valence electrons.